The lowest BCUT2D eigenvalue weighted by molar-refractivity contribution is -0.131. The van der Waals surface area contributed by atoms with Gasteiger partial charge in [-0.3, -0.25) is 4.79 Å². The molecule has 90 valence electrons. The quantitative estimate of drug-likeness (QED) is 0.885. The van der Waals surface area contributed by atoms with Gasteiger partial charge in [0.1, 0.15) is 5.41 Å². The predicted octanol–water partition coefficient (Wildman–Crippen LogP) is 1.80. The summed E-state index contributed by atoms with van der Waals surface area (Å²) in [4.78, 5) is 16.1. The Morgan fingerprint density at radius 3 is 2.94 bits per heavy atom. The van der Waals surface area contributed by atoms with Gasteiger partial charge in [0.15, 0.2) is 0 Å². The molecule has 0 saturated heterocycles. The van der Waals surface area contributed by atoms with E-state index in [0.29, 0.717) is 19.4 Å². The maximum Gasteiger partial charge on any atom is 0.240 e. The fourth-order valence-corrected chi connectivity index (χ4v) is 2.67. The van der Waals surface area contributed by atoms with Gasteiger partial charge in [-0.2, -0.15) is 5.26 Å². The molecule has 1 heterocycles. The molecule has 1 aromatic rings. The molecule has 17 heavy (non-hydrogen) atoms. The van der Waals surface area contributed by atoms with Crippen LogP contribution in [0.2, 0.25) is 0 Å². The van der Waals surface area contributed by atoms with Gasteiger partial charge in [-0.1, -0.05) is 0 Å². The van der Waals surface area contributed by atoms with Crippen molar-refractivity contribution in [1.29, 1.82) is 5.26 Å². The van der Waals surface area contributed by atoms with Gasteiger partial charge < -0.3 is 5.32 Å². The maximum absolute atomic E-state index is 11.8. The molecule has 0 aromatic carbocycles. The SMILES string of the molecule is Cc1csc(CCNC(=O)C2(C#N)CCC2)n1. The summed E-state index contributed by atoms with van der Waals surface area (Å²) in [5.74, 6) is -0.112. The molecule has 5 heteroatoms. The van der Waals surface area contributed by atoms with Crippen molar-refractivity contribution in [2.45, 2.75) is 32.6 Å². The van der Waals surface area contributed by atoms with Crippen LogP contribution < -0.4 is 5.32 Å². The van der Waals surface area contributed by atoms with Crippen LogP contribution in [0.4, 0.5) is 0 Å². The van der Waals surface area contributed by atoms with Gasteiger partial charge in [-0.05, 0) is 26.2 Å². The van der Waals surface area contributed by atoms with Crippen LogP contribution in [0.25, 0.3) is 0 Å². The zero-order chi connectivity index (χ0) is 12.3. The summed E-state index contributed by atoms with van der Waals surface area (Å²) in [5, 5.41) is 14.9. The van der Waals surface area contributed by atoms with E-state index in [9.17, 15) is 4.79 Å². The lowest BCUT2D eigenvalue weighted by atomic mass is 9.69. The van der Waals surface area contributed by atoms with E-state index in [1.165, 1.54) is 0 Å². The van der Waals surface area contributed by atoms with E-state index >= 15 is 0 Å². The molecule has 0 atom stereocenters. The Kier molecular flexibility index (Phi) is 3.43. The highest BCUT2D eigenvalue weighted by molar-refractivity contribution is 7.09. The fraction of sp³-hybridized carbons (Fsp3) is 0.583. The number of hydrogen-bond acceptors (Lipinski definition) is 4. The Balaban J connectivity index is 1.79. The van der Waals surface area contributed by atoms with Crippen molar-refractivity contribution in [1.82, 2.24) is 10.3 Å². The third-order valence-corrected chi connectivity index (χ3v) is 4.17. The Morgan fingerprint density at radius 2 is 2.47 bits per heavy atom. The number of carbonyl (C=O) groups excluding carboxylic acids is 1. The van der Waals surface area contributed by atoms with Crippen LogP contribution in [-0.2, 0) is 11.2 Å². The smallest absolute Gasteiger partial charge is 0.240 e. The molecule has 1 aliphatic carbocycles. The number of nitrogens with zero attached hydrogens (tertiary/aromatic N) is 2. The molecular weight excluding hydrogens is 234 g/mol. The van der Waals surface area contributed by atoms with Gasteiger partial charge in [0.05, 0.1) is 11.1 Å². The summed E-state index contributed by atoms with van der Waals surface area (Å²) in [7, 11) is 0. The number of nitriles is 1. The molecule has 0 aliphatic heterocycles. The number of nitrogens with one attached hydrogen (secondary N) is 1. The number of carbonyl (C=O) groups is 1. The van der Waals surface area contributed by atoms with Crippen LogP contribution in [0.15, 0.2) is 5.38 Å². The molecule has 0 unspecified atom stereocenters. The second-order valence-corrected chi connectivity index (χ2v) is 5.38. The highest BCUT2D eigenvalue weighted by atomic mass is 32.1. The molecule has 1 N–H and O–H groups in total. The summed E-state index contributed by atoms with van der Waals surface area (Å²) in [5.41, 5.74) is 0.280. The molecule has 4 nitrogen and oxygen atoms in total. The molecule has 0 radical (unpaired) electrons. The first kappa shape index (κ1) is 12.1. The summed E-state index contributed by atoms with van der Waals surface area (Å²) in [6.07, 6.45) is 3.12. The Morgan fingerprint density at radius 1 is 1.71 bits per heavy atom. The summed E-state index contributed by atoms with van der Waals surface area (Å²) in [6, 6.07) is 2.14. The topological polar surface area (TPSA) is 65.8 Å². The van der Waals surface area contributed by atoms with Crippen LogP contribution in [0.1, 0.15) is 30.0 Å². The lowest BCUT2D eigenvalue weighted by Gasteiger charge is -2.33. The van der Waals surface area contributed by atoms with Crippen LogP contribution in [0.5, 0.6) is 0 Å². The molecule has 1 amide bonds. The second kappa shape index (κ2) is 4.84. The van der Waals surface area contributed by atoms with E-state index < -0.39 is 5.41 Å². The number of aromatic nitrogens is 1. The minimum atomic E-state index is -0.737. The van der Waals surface area contributed by atoms with Gasteiger partial charge in [-0.15, -0.1) is 11.3 Å². The minimum absolute atomic E-state index is 0.112. The lowest BCUT2D eigenvalue weighted by Crippen LogP contribution is -2.45. The fourth-order valence-electron chi connectivity index (χ4n) is 1.89. The predicted molar refractivity (Wildman–Crippen MR) is 65.5 cm³/mol. The van der Waals surface area contributed by atoms with Crippen molar-refractivity contribution in [2.75, 3.05) is 6.54 Å². The third kappa shape index (κ3) is 2.47. The van der Waals surface area contributed by atoms with Gasteiger partial charge in [0, 0.05) is 24.0 Å². The Bertz CT molecular complexity index is 457. The van der Waals surface area contributed by atoms with Gasteiger partial charge in [-0.25, -0.2) is 4.98 Å². The second-order valence-electron chi connectivity index (χ2n) is 4.44. The van der Waals surface area contributed by atoms with Crippen LogP contribution in [-0.4, -0.2) is 17.4 Å². The van der Waals surface area contributed by atoms with Gasteiger partial charge >= 0.3 is 0 Å². The van der Waals surface area contributed by atoms with Crippen molar-refractivity contribution < 1.29 is 4.79 Å². The monoisotopic (exact) mass is 249 g/mol. The normalized spacial score (nSPS) is 16.9. The Labute approximate surface area is 105 Å². The average molecular weight is 249 g/mol. The van der Waals surface area contributed by atoms with E-state index in [4.69, 9.17) is 5.26 Å². The molecule has 1 aromatic heterocycles. The molecule has 1 aliphatic rings. The van der Waals surface area contributed by atoms with Crippen LogP contribution >= 0.6 is 11.3 Å². The molecule has 1 saturated carbocycles. The zero-order valence-corrected chi connectivity index (χ0v) is 10.6. The first-order chi connectivity index (χ1) is 8.16. The van der Waals surface area contributed by atoms with Crippen molar-refractivity contribution in [2.24, 2.45) is 5.41 Å². The maximum atomic E-state index is 11.8. The van der Waals surface area contributed by atoms with Crippen molar-refractivity contribution in [3.8, 4) is 6.07 Å². The average Bonchev–Trinajstić information content (AvgIpc) is 2.63. The number of aryl methyl sites for hydroxylation is 1. The van der Waals surface area contributed by atoms with Gasteiger partial charge in [0.2, 0.25) is 5.91 Å². The van der Waals surface area contributed by atoms with Crippen molar-refractivity contribution >= 4 is 17.2 Å². The van der Waals surface area contributed by atoms with E-state index in [-0.39, 0.29) is 5.91 Å². The number of rotatable bonds is 4. The first-order valence-electron chi connectivity index (χ1n) is 5.77. The summed E-state index contributed by atoms with van der Waals surface area (Å²) < 4.78 is 0. The van der Waals surface area contributed by atoms with Crippen molar-refractivity contribution in [3.05, 3.63) is 16.1 Å². The zero-order valence-electron chi connectivity index (χ0n) is 9.82. The molecular formula is C12H15N3OS. The minimum Gasteiger partial charge on any atom is -0.354 e. The standard InChI is InChI=1S/C12H15N3OS/c1-9-7-17-10(15-9)3-6-14-11(16)12(8-13)4-2-5-12/h7H,2-6H2,1H3,(H,14,16). The summed E-state index contributed by atoms with van der Waals surface area (Å²) >= 11 is 1.61. The molecule has 1 fully saturated rings. The van der Waals surface area contributed by atoms with Crippen molar-refractivity contribution in [3.63, 3.8) is 0 Å². The highest BCUT2D eigenvalue weighted by Crippen LogP contribution is 2.40. The summed E-state index contributed by atoms with van der Waals surface area (Å²) in [6.45, 7) is 2.52. The van der Waals surface area contributed by atoms with E-state index in [0.717, 1.165) is 23.5 Å². The Hall–Kier alpha value is -1.41. The van der Waals surface area contributed by atoms with E-state index in [2.05, 4.69) is 16.4 Å². The number of amides is 1. The van der Waals surface area contributed by atoms with E-state index in [1.54, 1.807) is 11.3 Å². The third-order valence-electron chi connectivity index (χ3n) is 3.15. The van der Waals surface area contributed by atoms with Crippen LogP contribution in [0, 0.1) is 23.7 Å². The van der Waals surface area contributed by atoms with Gasteiger partial charge in [0.25, 0.3) is 0 Å². The van der Waals surface area contributed by atoms with E-state index in [1.807, 2.05) is 12.3 Å². The first-order valence-corrected chi connectivity index (χ1v) is 6.65. The van der Waals surface area contributed by atoms with Crippen LogP contribution in [0.3, 0.4) is 0 Å². The number of hydrogen-bond donors (Lipinski definition) is 1. The molecule has 2 rings (SSSR count). The number of thiazole rings is 1. The molecule has 0 spiro atoms. The highest BCUT2D eigenvalue weighted by Gasteiger charge is 2.44. The molecule has 0 bridgehead atoms. The largest absolute Gasteiger partial charge is 0.354 e.